The molecule has 6 atom stereocenters. The van der Waals surface area contributed by atoms with Crippen LogP contribution in [0.1, 0.15) is 34.6 Å². The lowest BCUT2D eigenvalue weighted by atomic mass is 9.99. The summed E-state index contributed by atoms with van der Waals surface area (Å²) in [5, 5.41) is 21.5. The number of nitrogens with zero attached hydrogens (tertiary/aromatic N) is 2. The van der Waals surface area contributed by atoms with E-state index in [-0.39, 0.29) is 12.4 Å². The Labute approximate surface area is 224 Å². The Kier molecular flexibility index (Phi) is 6.61. The van der Waals surface area contributed by atoms with Crippen molar-refractivity contribution in [2.45, 2.75) is 76.0 Å². The summed E-state index contributed by atoms with van der Waals surface area (Å²) in [6.45, 7) is 8.60. The largest absolute Gasteiger partial charge is 0.474 e. The first-order valence-electron chi connectivity index (χ1n) is 12.3. The van der Waals surface area contributed by atoms with Crippen molar-refractivity contribution in [1.29, 1.82) is 0 Å². The van der Waals surface area contributed by atoms with Gasteiger partial charge in [-0.25, -0.2) is 0 Å². The molecule has 3 fully saturated rings. The van der Waals surface area contributed by atoms with Gasteiger partial charge in [0, 0.05) is 11.4 Å². The van der Waals surface area contributed by atoms with Crippen LogP contribution in [0.4, 0.5) is 11.4 Å². The minimum Gasteiger partial charge on any atom is -0.474 e. The van der Waals surface area contributed by atoms with Crippen molar-refractivity contribution in [2.75, 3.05) is 6.61 Å². The van der Waals surface area contributed by atoms with E-state index in [1.54, 1.807) is 58.0 Å². The van der Waals surface area contributed by atoms with Crippen molar-refractivity contribution in [3.05, 3.63) is 68.8 Å². The number of hydrogen-bond acceptors (Lipinski definition) is 11. The highest BCUT2D eigenvalue weighted by atomic mass is 31.2. The van der Waals surface area contributed by atoms with Crippen LogP contribution in [0.5, 0.6) is 5.75 Å². The van der Waals surface area contributed by atoms with Crippen molar-refractivity contribution in [2.24, 2.45) is 0 Å². The fourth-order valence-electron chi connectivity index (χ4n) is 5.27. The molecule has 0 N–H and O–H groups in total. The molecule has 3 saturated heterocycles. The monoisotopic (exact) mass is 564 g/mol. The van der Waals surface area contributed by atoms with Gasteiger partial charge in [0.05, 0.1) is 22.5 Å². The number of hydrogen-bond donors (Lipinski definition) is 0. The quantitative estimate of drug-likeness (QED) is 0.280. The summed E-state index contributed by atoms with van der Waals surface area (Å²) < 4.78 is 52.3. The maximum atomic E-state index is 15.1. The summed E-state index contributed by atoms with van der Waals surface area (Å²) >= 11 is 0. The van der Waals surface area contributed by atoms with Crippen LogP contribution in [0.15, 0.2) is 48.5 Å². The Bertz CT molecular complexity index is 1350. The van der Waals surface area contributed by atoms with E-state index in [1.807, 2.05) is 0 Å². The topological polar surface area (TPSA) is 159 Å². The SMILES string of the molecule is CC1(C)OC[C@H]([C@H]2OP(=O)(c3ccccc3)[C@@](C)(Oc3ccc([N+](=O)[O-])c([N+](=O)[O-])c3)[C@H]3OC(C)(C)O[C@@H]23)O1. The molecule has 210 valence electrons. The van der Waals surface area contributed by atoms with Crippen molar-refractivity contribution in [3.63, 3.8) is 0 Å². The van der Waals surface area contributed by atoms with Crippen LogP contribution in [0.3, 0.4) is 0 Å². The lowest BCUT2D eigenvalue weighted by Gasteiger charge is -2.49. The second-order valence-corrected chi connectivity index (χ2v) is 13.4. The van der Waals surface area contributed by atoms with Gasteiger partial charge >= 0.3 is 11.4 Å². The minimum absolute atomic E-state index is 0.123. The second kappa shape index (κ2) is 9.33. The van der Waals surface area contributed by atoms with Gasteiger partial charge in [0.15, 0.2) is 11.6 Å². The van der Waals surface area contributed by atoms with E-state index >= 15 is 4.57 Å². The fraction of sp³-hybridized carbons (Fsp3) is 0.520. The molecule has 0 bridgehead atoms. The maximum Gasteiger partial charge on any atom is 0.349 e. The fourth-order valence-corrected chi connectivity index (χ4v) is 8.04. The molecular formula is C25H29N2O11P. The van der Waals surface area contributed by atoms with Gasteiger partial charge in [0.25, 0.3) is 7.37 Å². The summed E-state index contributed by atoms with van der Waals surface area (Å²) in [7, 11) is -4.07. The van der Waals surface area contributed by atoms with Gasteiger partial charge in [-0.15, -0.1) is 0 Å². The van der Waals surface area contributed by atoms with Gasteiger partial charge in [0.1, 0.15) is 30.2 Å². The number of nitro benzene ring substituents is 2. The van der Waals surface area contributed by atoms with Crippen LogP contribution >= 0.6 is 7.37 Å². The first-order valence-corrected chi connectivity index (χ1v) is 13.9. The highest BCUT2D eigenvalue weighted by molar-refractivity contribution is 7.68. The molecule has 2 aromatic rings. The van der Waals surface area contributed by atoms with Crippen molar-refractivity contribution in [3.8, 4) is 5.75 Å². The van der Waals surface area contributed by atoms with Crippen LogP contribution in [0.2, 0.25) is 0 Å². The lowest BCUT2D eigenvalue weighted by Crippen LogP contribution is -2.62. The van der Waals surface area contributed by atoms with Crippen LogP contribution in [-0.4, -0.2) is 57.8 Å². The summed E-state index contributed by atoms with van der Waals surface area (Å²) in [5.41, 5.74) is -1.48. The molecule has 0 saturated carbocycles. The number of ether oxygens (including phenoxy) is 5. The summed E-state index contributed by atoms with van der Waals surface area (Å²) in [6.07, 6.45) is -3.36. The highest BCUT2D eigenvalue weighted by Crippen LogP contribution is 2.67. The molecule has 2 aromatic carbocycles. The van der Waals surface area contributed by atoms with E-state index in [1.165, 1.54) is 13.0 Å². The summed E-state index contributed by atoms with van der Waals surface area (Å²) in [6, 6.07) is 11.5. The van der Waals surface area contributed by atoms with Crippen LogP contribution in [-0.2, 0) is 28.0 Å². The molecular weight excluding hydrogens is 535 g/mol. The van der Waals surface area contributed by atoms with Crippen molar-refractivity contribution in [1.82, 2.24) is 0 Å². The molecule has 5 rings (SSSR count). The van der Waals surface area contributed by atoms with Gasteiger partial charge < -0.3 is 28.2 Å². The molecule has 3 aliphatic rings. The van der Waals surface area contributed by atoms with Gasteiger partial charge in [-0.05, 0) is 52.8 Å². The predicted molar refractivity (Wildman–Crippen MR) is 136 cm³/mol. The summed E-state index contributed by atoms with van der Waals surface area (Å²) in [4.78, 5) is 21.2. The van der Waals surface area contributed by atoms with E-state index in [0.717, 1.165) is 12.1 Å². The average Bonchev–Trinajstić information content (AvgIpc) is 3.40. The Morgan fingerprint density at radius 1 is 0.872 bits per heavy atom. The predicted octanol–water partition coefficient (Wildman–Crippen LogP) is 4.27. The molecule has 0 aromatic heterocycles. The standard InChI is InChI=1S/C25H29N2O11P/c1-23(2)33-14-19(35-23)20-21-22(37-24(3,4)36-21)25(5,39(32,38-20)16-9-7-6-8-10-16)34-15-11-12-17(26(28)29)18(13-15)27(30)31/h6-13,19-22H,14H2,1-5H3/t19-,20-,21+,22+,25-,39?/m1/s1. The first-order chi connectivity index (χ1) is 18.2. The minimum atomic E-state index is -4.07. The first kappa shape index (κ1) is 27.6. The molecule has 0 radical (unpaired) electrons. The van der Waals surface area contributed by atoms with Crippen LogP contribution in [0.25, 0.3) is 0 Å². The third-order valence-corrected chi connectivity index (χ3v) is 10.0. The number of benzene rings is 2. The van der Waals surface area contributed by atoms with Crippen molar-refractivity contribution >= 4 is 24.0 Å². The van der Waals surface area contributed by atoms with E-state index < -0.39 is 69.9 Å². The molecule has 3 aliphatic heterocycles. The van der Waals surface area contributed by atoms with E-state index in [9.17, 15) is 20.2 Å². The van der Waals surface area contributed by atoms with E-state index in [2.05, 4.69) is 0 Å². The highest BCUT2D eigenvalue weighted by Gasteiger charge is 2.70. The Hall–Kier alpha value is -2.93. The summed E-state index contributed by atoms with van der Waals surface area (Å²) in [5.74, 6) is -2.16. The second-order valence-electron chi connectivity index (χ2n) is 10.7. The molecule has 0 aliphatic carbocycles. The molecule has 39 heavy (non-hydrogen) atoms. The molecule has 1 unspecified atom stereocenters. The average molecular weight is 564 g/mol. The Morgan fingerprint density at radius 2 is 1.54 bits per heavy atom. The van der Waals surface area contributed by atoms with Gasteiger partial charge in [0.2, 0.25) is 5.34 Å². The Morgan fingerprint density at radius 3 is 2.13 bits per heavy atom. The molecule has 13 nitrogen and oxygen atoms in total. The number of rotatable bonds is 6. The normalized spacial score (nSPS) is 34.8. The molecule has 3 heterocycles. The van der Waals surface area contributed by atoms with Gasteiger partial charge in [-0.2, -0.15) is 0 Å². The van der Waals surface area contributed by atoms with E-state index in [4.69, 9.17) is 28.2 Å². The Balaban J connectivity index is 1.64. The molecule has 0 amide bonds. The van der Waals surface area contributed by atoms with Gasteiger partial charge in [-0.3, -0.25) is 24.8 Å². The molecule has 14 heteroatoms. The van der Waals surface area contributed by atoms with Crippen LogP contribution < -0.4 is 10.0 Å². The zero-order valence-corrected chi connectivity index (χ0v) is 22.9. The zero-order chi connectivity index (χ0) is 28.4. The lowest BCUT2D eigenvalue weighted by molar-refractivity contribution is -0.422. The van der Waals surface area contributed by atoms with Gasteiger partial charge in [-0.1, -0.05) is 18.2 Å². The number of fused-ring (bicyclic) bond motifs is 1. The third-order valence-electron chi connectivity index (χ3n) is 6.99. The maximum absolute atomic E-state index is 15.1. The third kappa shape index (κ3) is 4.73. The van der Waals surface area contributed by atoms with Crippen molar-refractivity contribution < 1.29 is 42.6 Å². The number of nitro groups is 2. The zero-order valence-electron chi connectivity index (χ0n) is 22.0. The van der Waals surface area contributed by atoms with E-state index in [0.29, 0.717) is 5.30 Å². The van der Waals surface area contributed by atoms with Crippen LogP contribution in [0, 0.1) is 20.2 Å². The molecule has 0 spiro atoms. The smallest absolute Gasteiger partial charge is 0.349 e.